The molecule has 0 radical (unpaired) electrons. The molecule has 2 aromatic rings. The number of nitrogens with zero attached hydrogens (tertiary/aromatic N) is 1. The number of H-pyrrole nitrogens is 1. The van der Waals surface area contributed by atoms with E-state index in [2.05, 4.69) is 29.9 Å². The summed E-state index contributed by atoms with van der Waals surface area (Å²) in [7, 11) is 0. The fourth-order valence-electron chi connectivity index (χ4n) is 3.28. The van der Waals surface area contributed by atoms with Crippen LogP contribution in [0.15, 0.2) is 29.3 Å². The van der Waals surface area contributed by atoms with Gasteiger partial charge in [-0.2, -0.15) is 0 Å². The van der Waals surface area contributed by atoms with E-state index < -0.39 is 11.9 Å². The monoisotopic (exact) mass is 284 g/mol. The number of hydrogen-bond donors (Lipinski definition) is 2. The van der Waals surface area contributed by atoms with Gasteiger partial charge in [0, 0.05) is 35.3 Å². The number of carbonyl (C=O) groups is 1. The summed E-state index contributed by atoms with van der Waals surface area (Å²) in [6.45, 7) is 5.05. The quantitative estimate of drug-likeness (QED) is 0.905. The Morgan fingerprint density at radius 1 is 1.43 bits per heavy atom. The minimum atomic E-state index is -0.850. The van der Waals surface area contributed by atoms with Crippen LogP contribution in [0.4, 0.5) is 0 Å². The second kappa shape index (κ2) is 5.35. The van der Waals surface area contributed by atoms with Crippen molar-refractivity contribution < 1.29 is 9.90 Å². The van der Waals surface area contributed by atoms with Crippen molar-refractivity contribution in [2.24, 2.45) is 10.9 Å². The number of rotatable bonds is 3. The molecule has 2 unspecified atom stereocenters. The molecule has 0 bridgehead atoms. The smallest absolute Gasteiger partial charge is 0.318 e. The SMILES string of the molecule is CC(C)CC1CN=CC(C(=O)O)c2[nH]c3ccccc3c21. The lowest BCUT2D eigenvalue weighted by atomic mass is 9.87. The molecule has 0 aliphatic carbocycles. The summed E-state index contributed by atoms with van der Waals surface area (Å²) in [5, 5.41) is 10.6. The lowest BCUT2D eigenvalue weighted by Gasteiger charge is -2.17. The number of aromatic nitrogens is 1. The van der Waals surface area contributed by atoms with Crippen LogP contribution in [0.5, 0.6) is 0 Å². The van der Waals surface area contributed by atoms with Crippen LogP contribution in [0.25, 0.3) is 10.9 Å². The van der Waals surface area contributed by atoms with Crippen LogP contribution in [-0.2, 0) is 4.79 Å². The van der Waals surface area contributed by atoms with Gasteiger partial charge < -0.3 is 10.1 Å². The van der Waals surface area contributed by atoms with Crippen molar-refractivity contribution in [3.05, 3.63) is 35.5 Å². The fraction of sp³-hybridized carbons (Fsp3) is 0.412. The fourth-order valence-corrected chi connectivity index (χ4v) is 3.28. The lowest BCUT2D eigenvalue weighted by molar-refractivity contribution is -0.137. The zero-order valence-electron chi connectivity index (χ0n) is 12.3. The van der Waals surface area contributed by atoms with E-state index in [1.54, 1.807) is 6.21 Å². The lowest BCUT2D eigenvalue weighted by Crippen LogP contribution is -2.14. The first kappa shape index (κ1) is 13.9. The predicted molar refractivity (Wildman–Crippen MR) is 84.2 cm³/mol. The van der Waals surface area contributed by atoms with E-state index in [4.69, 9.17) is 0 Å². The molecule has 2 N–H and O–H groups in total. The van der Waals surface area contributed by atoms with E-state index >= 15 is 0 Å². The number of aliphatic imine (C=N–C) groups is 1. The summed E-state index contributed by atoms with van der Waals surface area (Å²) < 4.78 is 0. The van der Waals surface area contributed by atoms with Crippen LogP contribution < -0.4 is 0 Å². The predicted octanol–water partition coefficient (Wildman–Crippen LogP) is 3.55. The number of carboxylic acids is 1. The minimum Gasteiger partial charge on any atom is -0.480 e. The molecule has 0 amide bonds. The van der Waals surface area contributed by atoms with Crippen molar-refractivity contribution in [2.75, 3.05) is 6.54 Å². The molecule has 4 nitrogen and oxygen atoms in total. The third kappa shape index (κ3) is 2.46. The van der Waals surface area contributed by atoms with Gasteiger partial charge in [0.2, 0.25) is 0 Å². The van der Waals surface area contributed by atoms with Crippen molar-refractivity contribution in [1.82, 2.24) is 4.98 Å². The average Bonchev–Trinajstić information content (AvgIpc) is 2.71. The van der Waals surface area contributed by atoms with E-state index in [1.165, 1.54) is 0 Å². The van der Waals surface area contributed by atoms with E-state index in [1.807, 2.05) is 18.2 Å². The Kier molecular flexibility index (Phi) is 3.53. The topological polar surface area (TPSA) is 65.4 Å². The Morgan fingerprint density at radius 2 is 2.19 bits per heavy atom. The maximum absolute atomic E-state index is 11.6. The number of hydrogen-bond acceptors (Lipinski definition) is 2. The van der Waals surface area contributed by atoms with E-state index in [-0.39, 0.29) is 5.92 Å². The zero-order chi connectivity index (χ0) is 15.0. The second-order valence-corrected chi connectivity index (χ2v) is 6.15. The molecule has 3 rings (SSSR count). The van der Waals surface area contributed by atoms with Gasteiger partial charge in [-0.05, 0) is 24.0 Å². The molecule has 0 fully saturated rings. The van der Waals surface area contributed by atoms with Crippen molar-refractivity contribution in [3.63, 3.8) is 0 Å². The summed E-state index contributed by atoms with van der Waals surface area (Å²) >= 11 is 0. The number of benzene rings is 1. The molecule has 2 heterocycles. The number of aliphatic carboxylic acids is 1. The molecule has 110 valence electrons. The molecule has 0 saturated carbocycles. The van der Waals surface area contributed by atoms with Crippen LogP contribution in [0.2, 0.25) is 0 Å². The van der Waals surface area contributed by atoms with Crippen molar-refractivity contribution in [2.45, 2.75) is 32.1 Å². The third-order valence-corrected chi connectivity index (χ3v) is 4.10. The van der Waals surface area contributed by atoms with Gasteiger partial charge >= 0.3 is 5.97 Å². The van der Waals surface area contributed by atoms with Crippen LogP contribution >= 0.6 is 0 Å². The maximum Gasteiger partial charge on any atom is 0.318 e. The molecular formula is C17H20N2O2. The Balaban J connectivity index is 2.21. The van der Waals surface area contributed by atoms with Crippen molar-refractivity contribution >= 4 is 23.1 Å². The first-order valence-electron chi connectivity index (χ1n) is 7.41. The van der Waals surface area contributed by atoms with E-state index in [0.29, 0.717) is 12.5 Å². The van der Waals surface area contributed by atoms with Gasteiger partial charge in [0.1, 0.15) is 5.92 Å². The summed E-state index contributed by atoms with van der Waals surface area (Å²) in [6.07, 6.45) is 2.59. The number of nitrogens with one attached hydrogen (secondary N) is 1. The first-order valence-corrected chi connectivity index (χ1v) is 7.41. The van der Waals surface area contributed by atoms with Crippen molar-refractivity contribution in [3.8, 4) is 0 Å². The van der Waals surface area contributed by atoms with Crippen molar-refractivity contribution in [1.29, 1.82) is 0 Å². The molecule has 21 heavy (non-hydrogen) atoms. The summed E-state index contributed by atoms with van der Waals surface area (Å²) in [6, 6.07) is 8.05. The van der Waals surface area contributed by atoms with Gasteiger partial charge in [-0.25, -0.2) is 0 Å². The molecule has 0 spiro atoms. The average molecular weight is 284 g/mol. The Bertz CT molecular complexity index is 700. The van der Waals surface area contributed by atoms with Crippen LogP contribution in [0.1, 0.15) is 43.4 Å². The molecule has 1 aliphatic rings. The summed E-state index contributed by atoms with van der Waals surface area (Å²) in [5.41, 5.74) is 2.96. The number of para-hydroxylation sites is 1. The van der Waals surface area contributed by atoms with E-state index in [0.717, 1.165) is 28.6 Å². The Labute approximate surface area is 123 Å². The highest BCUT2D eigenvalue weighted by Crippen LogP contribution is 2.38. The maximum atomic E-state index is 11.6. The molecule has 1 aromatic heterocycles. The molecule has 1 aromatic carbocycles. The Hall–Kier alpha value is -2.10. The van der Waals surface area contributed by atoms with Crippen LogP contribution in [-0.4, -0.2) is 28.8 Å². The molecular weight excluding hydrogens is 264 g/mol. The zero-order valence-corrected chi connectivity index (χ0v) is 12.3. The van der Waals surface area contributed by atoms with Gasteiger partial charge in [0.25, 0.3) is 0 Å². The molecule has 0 saturated heterocycles. The minimum absolute atomic E-state index is 0.275. The summed E-state index contributed by atoms with van der Waals surface area (Å²) in [4.78, 5) is 19.3. The first-order chi connectivity index (χ1) is 10.1. The van der Waals surface area contributed by atoms with Gasteiger partial charge in [-0.1, -0.05) is 32.0 Å². The molecule has 1 aliphatic heterocycles. The number of fused-ring (bicyclic) bond motifs is 3. The highest BCUT2D eigenvalue weighted by molar-refractivity contribution is 5.98. The largest absolute Gasteiger partial charge is 0.480 e. The standard InChI is InChI=1S/C17H20N2O2/c1-10(2)7-11-8-18-9-13(17(20)21)16-15(11)12-5-3-4-6-14(12)19-16/h3-6,9-11,13,19H,7-8H2,1-2H3,(H,20,21). The van der Waals surface area contributed by atoms with Gasteiger partial charge in [0.15, 0.2) is 0 Å². The highest BCUT2D eigenvalue weighted by atomic mass is 16.4. The normalized spacial score (nSPS) is 21.5. The number of carboxylic acid groups (broad SMARTS) is 1. The third-order valence-electron chi connectivity index (χ3n) is 4.10. The van der Waals surface area contributed by atoms with Gasteiger partial charge in [-0.15, -0.1) is 0 Å². The van der Waals surface area contributed by atoms with E-state index in [9.17, 15) is 9.90 Å². The molecule has 2 atom stereocenters. The summed E-state index contributed by atoms with van der Waals surface area (Å²) in [5.74, 6) is -0.703. The second-order valence-electron chi connectivity index (χ2n) is 6.15. The van der Waals surface area contributed by atoms with Crippen LogP contribution in [0, 0.1) is 5.92 Å². The van der Waals surface area contributed by atoms with Crippen LogP contribution in [0.3, 0.4) is 0 Å². The van der Waals surface area contributed by atoms with Gasteiger partial charge in [0.05, 0.1) is 0 Å². The highest BCUT2D eigenvalue weighted by Gasteiger charge is 2.30. The van der Waals surface area contributed by atoms with Gasteiger partial charge in [-0.3, -0.25) is 9.79 Å². The molecule has 4 heteroatoms. The number of aromatic amines is 1. The Morgan fingerprint density at radius 3 is 2.90 bits per heavy atom.